The van der Waals surface area contributed by atoms with Gasteiger partial charge in [-0.3, -0.25) is 14.7 Å². The number of nitrogens with one attached hydrogen (secondary N) is 2. The zero-order valence-corrected chi connectivity index (χ0v) is 16.4. The molecule has 3 aromatic rings. The van der Waals surface area contributed by atoms with Crippen molar-refractivity contribution < 1.29 is 9.53 Å². The third-order valence-electron chi connectivity index (χ3n) is 5.43. The lowest BCUT2D eigenvalue weighted by atomic mass is 10.1. The number of methoxy groups -OCH3 is 1. The summed E-state index contributed by atoms with van der Waals surface area (Å²) in [6, 6.07) is 12.3. The number of pyridine rings is 1. The molecule has 1 aliphatic rings. The molecule has 146 valence electrons. The average molecular weight is 378 g/mol. The maximum absolute atomic E-state index is 11.6. The molecule has 1 atom stereocenters. The molecule has 0 saturated carbocycles. The molecule has 1 saturated heterocycles. The molecule has 0 spiro atoms. The van der Waals surface area contributed by atoms with Crippen LogP contribution in [0.15, 0.2) is 42.6 Å². The Balaban J connectivity index is 1.58. The number of carbonyl (C=O) groups excluding carboxylic acids is 1. The molecule has 2 N–H and O–H groups in total. The minimum Gasteiger partial charge on any atom is -0.497 e. The highest BCUT2D eigenvalue weighted by Gasteiger charge is 2.24. The van der Waals surface area contributed by atoms with Gasteiger partial charge in [0, 0.05) is 54.9 Å². The van der Waals surface area contributed by atoms with E-state index in [-0.39, 0.29) is 11.9 Å². The van der Waals surface area contributed by atoms with Gasteiger partial charge in [-0.2, -0.15) is 0 Å². The molecular weight excluding hydrogens is 352 g/mol. The van der Waals surface area contributed by atoms with Crippen LogP contribution < -0.4 is 10.1 Å². The van der Waals surface area contributed by atoms with Gasteiger partial charge in [-0.1, -0.05) is 6.07 Å². The van der Waals surface area contributed by atoms with Crippen molar-refractivity contribution in [2.24, 2.45) is 0 Å². The van der Waals surface area contributed by atoms with E-state index >= 15 is 0 Å². The molecule has 0 radical (unpaired) electrons. The Morgan fingerprint density at radius 3 is 2.86 bits per heavy atom. The Labute approximate surface area is 164 Å². The van der Waals surface area contributed by atoms with Crippen molar-refractivity contribution in [1.82, 2.24) is 20.2 Å². The molecule has 28 heavy (non-hydrogen) atoms. The van der Waals surface area contributed by atoms with Crippen LogP contribution in [0.3, 0.4) is 0 Å². The number of aromatic nitrogens is 2. The van der Waals surface area contributed by atoms with Gasteiger partial charge in [0.05, 0.1) is 12.8 Å². The third-order valence-corrected chi connectivity index (χ3v) is 5.43. The molecular formula is C22H26N4O2. The number of hydrogen-bond acceptors (Lipinski definition) is 4. The second kappa shape index (κ2) is 8.02. The Morgan fingerprint density at radius 2 is 2.14 bits per heavy atom. The van der Waals surface area contributed by atoms with E-state index in [9.17, 15) is 4.79 Å². The molecule has 1 amide bonds. The maximum Gasteiger partial charge on any atom is 0.220 e. The molecule has 0 unspecified atom stereocenters. The minimum atomic E-state index is 0.150. The summed E-state index contributed by atoms with van der Waals surface area (Å²) in [7, 11) is 1.69. The molecule has 3 heterocycles. The van der Waals surface area contributed by atoms with Crippen LogP contribution in [0.25, 0.3) is 10.9 Å². The lowest BCUT2D eigenvalue weighted by Gasteiger charge is -2.25. The highest BCUT2D eigenvalue weighted by molar-refractivity contribution is 5.85. The van der Waals surface area contributed by atoms with E-state index in [4.69, 9.17) is 4.74 Å². The fourth-order valence-corrected chi connectivity index (χ4v) is 3.90. The monoisotopic (exact) mass is 378 g/mol. The number of aromatic amines is 1. The van der Waals surface area contributed by atoms with Crippen molar-refractivity contribution >= 4 is 16.8 Å². The van der Waals surface area contributed by atoms with Crippen LogP contribution in [0.1, 0.15) is 29.8 Å². The first-order chi connectivity index (χ1) is 13.6. The third kappa shape index (κ3) is 4.02. The number of rotatable bonds is 7. The van der Waals surface area contributed by atoms with E-state index < -0.39 is 0 Å². The standard InChI is InChI=1S/C22H26N4O2/c1-15-19-11-18(28-2)7-8-20(19)25-21(15)14-26(12-16-5-3-4-10-23-16)13-17-6-9-22(27)24-17/h3-5,7-8,10-11,17,25H,6,9,12-14H2,1-2H3,(H,24,27)/t17-/m0/s1. The first-order valence-electron chi connectivity index (χ1n) is 9.69. The zero-order chi connectivity index (χ0) is 19.5. The second-order valence-corrected chi connectivity index (χ2v) is 7.43. The van der Waals surface area contributed by atoms with E-state index in [1.165, 1.54) is 16.6 Å². The molecule has 6 nitrogen and oxygen atoms in total. The molecule has 1 aromatic carbocycles. The van der Waals surface area contributed by atoms with E-state index in [1.807, 2.05) is 30.5 Å². The Kier molecular flexibility index (Phi) is 5.30. The number of aryl methyl sites for hydroxylation is 1. The van der Waals surface area contributed by atoms with Crippen LogP contribution in [-0.2, 0) is 17.9 Å². The number of benzene rings is 1. The number of carbonyl (C=O) groups is 1. The largest absolute Gasteiger partial charge is 0.497 e. The maximum atomic E-state index is 11.6. The smallest absolute Gasteiger partial charge is 0.220 e. The van der Waals surface area contributed by atoms with Crippen molar-refractivity contribution in [2.75, 3.05) is 13.7 Å². The van der Waals surface area contributed by atoms with Crippen LogP contribution in [0.2, 0.25) is 0 Å². The Hall–Kier alpha value is -2.86. The van der Waals surface area contributed by atoms with E-state index in [2.05, 4.69) is 39.2 Å². The van der Waals surface area contributed by atoms with E-state index in [0.29, 0.717) is 6.42 Å². The Bertz CT molecular complexity index is 967. The number of amides is 1. The highest BCUT2D eigenvalue weighted by Crippen LogP contribution is 2.27. The number of nitrogens with zero attached hydrogens (tertiary/aromatic N) is 2. The summed E-state index contributed by atoms with van der Waals surface area (Å²) in [4.78, 5) is 22.0. The molecule has 0 bridgehead atoms. The lowest BCUT2D eigenvalue weighted by molar-refractivity contribution is -0.119. The number of H-pyrrole nitrogens is 1. The van der Waals surface area contributed by atoms with Gasteiger partial charge in [0.15, 0.2) is 0 Å². The van der Waals surface area contributed by atoms with Gasteiger partial charge in [0.1, 0.15) is 5.75 Å². The second-order valence-electron chi connectivity index (χ2n) is 7.43. The van der Waals surface area contributed by atoms with E-state index in [0.717, 1.165) is 43.0 Å². The molecule has 1 fully saturated rings. The molecule has 4 rings (SSSR count). The predicted octanol–water partition coefficient (Wildman–Crippen LogP) is 3.16. The van der Waals surface area contributed by atoms with Gasteiger partial charge in [-0.15, -0.1) is 0 Å². The number of fused-ring (bicyclic) bond motifs is 1. The van der Waals surface area contributed by atoms with Gasteiger partial charge >= 0.3 is 0 Å². The molecule has 2 aromatic heterocycles. The van der Waals surface area contributed by atoms with Crippen LogP contribution in [0.4, 0.5) is 0 Å². The summed E-state index contributed by atoms with van der Waals surface area (Å²) in [5.74, 6) is 1.01. The Morgan fingerprint density at radius 1 is 1.25 bits per heavy atom. The SMILES string of the molecule is COc1ccc2[nH]c(CN(Cc3ccccn3)C[C@@H]3CCC(=O)N3)c(C)c2c1. The van der Waals surface area contributed by atoms with Crippen LogP contribution in [0.5, 0.6) is 5.75 Å². The molecule has 0 aliphatic carbocycles. The molecule has 1 aliphatic heterocycles. The zero-order valence-electron chi connectivity index (χ0n) is 16.4. The minimum absolute atomic E-state index is 0.150. The van der Waals surface area contributed by atoms with Crippen molar-refractivity contribution in [3.63, 3.8) is 0 Å². The normalized spacial score (nSPS) is 16.7. The van der Waals surface area contributed by atoms with Crippen molar-refractivity contribution in [1.29, 1.82) is 0 Å². The predicted molar refractivity (Wildman–Crippen MR) is 109 cm³/mol. The lowest BCUT2D eigenvalue weighted by Crippen LogP contribution is -2.38. The van der Waals surface area contributed by atoms with Gasteiger partial charge in [-0.05, 0) is 49.2 Å². The van der Waals surface area contributed by atoms with Crippen molar-refractivity contribution in [3.05, 3.63) is 59.5 Å². The summed E-state index contributed by atoms with van der Waals surface area (Å²) in [6.45, 7) is 4.46. The van der Waals surface area contributed by atoms with Gasteiger partial charge < -0.3 is 15.0 Å². The topological polar surface area (TPSA) is 70.2 Å². The summed E-state index contributed by atoms with van der Waals surface area (Å²) in [5, 5.41) is 4.27. The highest BCUT2D eigenvalue weighted by atomic mass is 16.5. The summed E-state index contributed by atoms with van der Waals surface area (Å²) in [5.41, 5.74) is 4.56. The molecule has 6 heteroatoms. The van der Waals surface area contributed by atoms with Gasteiger partial charge in [-0.25, -0.2) is 0 Å². The first kappa shape index (κ1) is 18.5. The first-order valence-corrected chi connectivity index (χ1v) is 9.69. The van der Waals surface area contributed by atoms with Crippen molar-refractivity contribution in [3.8, 4) is 5.75 Å². The van der Waals surface area contributed by atoms with Gasteiger partial charge in [0.25, 0.3) is 0 Å². The van der Waals surface area contributed by atoms with Crippen LogP contribution in [-0.4, -0.2) is 40.5 Å². The van der Waals surface area contributed by atoms with E-state index in [1.54, 1.807) is 7.11 Å². The van der Waals surface area contributed by atoms with Crippen molar-refractivity contribution in [2.45, 2.75) is 38.9 Å². The quantitative estimate of drug-likeness (QED) is 0.663. The number of hydrogen-bond donors (Lipinski definition) is 2. The fraction of sp³-hybridized carbons (Fsp3) is 0.364. The average Bonchev–Trinajstić information content (AvgIpc) is 3.25. The van der Waals surface area contributed by atoms with Crippen LogP contribution in [0, 0.1) is 6.92 Å². The summed E-state index contributed by atoms with van der Waals surface area (Å²) >= 11 is 0. The number of ether oxygens (including phenoxy) is 1. The van der Waals surface area contributed by atoms with Crippen LogP contribution >= 0.6 is 0 Å². The summed E-state index contributed by atoms with van der Waals surface area (Å²) in [6.07, 6.45) is 3.33. The fourth-order valence-electron chi connectivity index (χ4n) is 3.90. The summed E-state index contributed by atoms with van der Waals surface area (Å²) < 4.78 is 5.37. The van der Waals surface area contributed by atoms with Gasteiger partial charge in [0.2, 0.25) is 5.91 Å².